The number of rotatable bonds is 3. The van der Waals surface area contributed by atoms with E-state index < -0.39 is 11.9 Å². The molecule has 0 amide bonds. The second kappa shape index (κ2) is 5.43. The fourth-order valence-electron chi connectivity index (χ4n) is 2.08. The van der Waals surface area contributed by atoms with Crippen molar-refractivity contribution in [1.82, 2.24) is 4.98 Å². The van der Waals surface area contributed by atoms with E-state index in [0.717, 1.165) is 0 Å². The Morgan fingerprint density at radius 3 is 3.05 bits per heavy atom. The lowest BCUT2D eigenvalue weighted by Crippen LogP contribution is -2.41. The van der Waals surface area contributed by atoms with Crippen LogP contribution in [-0.2, 0) is 9.53 Å². The highest BCUT2D eigenvalue weighted by molar-refractivity contribution is 6.34. The maximum Gasteiger partial charge on any atom is 0.311 e. The summed E-state index contributed by atoms with van der Waals surface area (Å²) in [7, 11) is 1.70. The molecule has 1 aromatic rings. The van der Waals surface area contributed by atoms with E-state index in [0.29, 0.717) is 18.0 Å². The van der Waals surface area contributed by atoms with Gasteiger partial charge < -0.3 is 14.7 Å². The minimum Gasteiger partial charge on any atom is -0.481 e. The molecule has 1 aliphatic rings. The Kier molecular flexibility index (Phi) is 3.88. The first kappa shape index (κ1) is 13.6. The molecule has 1 aromatic heterocycles. The molecule has 7 heteroatoms. The van der Waals surface area contributed by atoms with Gasteiger partial charge in [-0.2, -0.15) is 5.26 Å². The molecule has 1 aliphatic heterocycles. The van der Waals surface area contributed by atoms with E-state index in [1.165, 1.54) is 12.3 Å². The van der Waals surface area contributed by atoms with E-state index in [1.54, 1.807) is 11.9 Å². The number of likely N-dealkylation sites (N-methyl/N-ethyl adjacent to an activating group) is 1. The number of aliphatic carboxylic acids is 1. The van der Waals surface area contributed by atoms with Gasteiger partial charge >= 0.3 is 5.97 Å². The average molecular weight is 282 g/mol. The number of aromatic nitrogens is 1. The molecule has 2 unspecified atom stereocenters. The zero-order valence-electron chi connectivity index (χ0n) is 10.2. The summed E-state index contributed by atoms with van der Waals surface area (Å²) in [6.07, 6.45) is 1.47. The van der Waals surface area contributed by atoms with E-state index in [2.05, 4.69) is 4.98 Å². The summed E-state index contributed by atoms with van der Waals surface area (Å²) in [4.78, 5) is 16.9. The lowest BCUT2D eigenvalue weighted by molar-refractivity contribution is -0.141. The summed E-state index contributed by atoms with van der Waals surface area (Å²) in [5.74, 6) is -1.15. The summed E-state index contributed by atoms with van der Waals surface area (Å²) >= 11 is 6.09. The van der Waals surface area contributed by atoms with Crippen molar-refractivity contribution in [2.75, 3.05) is 25.2 Å². The number of carbonyl (C=O) groups is 1. The third-order valence-electron chi connectivity index (χ3n) is 3.19. The number of anilines is 1. The molecule has 1 saturated heterocycles. The van der Waals surface area contributed by atoms with Crippen LogP contribution in [0, 0.1) is 17.2 Å². The Bertz CT molecular complexity index is 544. The summed E-state index contributed by atoms with van der Waals surface area (Å²) in [6, 6.07) is 3.13. The van der Waals surface area contributed by atoms with Crippen molar-refractivity contribution in [1.29, 1.82) is 5.26 Å². The monoisotopic (exact) mass is 281 g/mol. The van der Waals surface area contributed by atoms with Crippen LogP contribution in [0.25, 0.3) is 0 Å². The van der Waals surface area contributed by atoms with Gasteiger partial charge in [0.25, 0.3) is 0 Å². The van der Waals surface area contributed by atoms with Gasteiger partial charge in [0.15, 0.2) is 0 Å². The molecule has 2 atom stereocenters. The van der Waals surface area contributed by atoms with Gasteiger partial charge in [0.2, 0.25) is 0 Å². The van der Waals surface area contributed by atoms with Gasteiger partial charge in [-0.3, -0.25) is 4.79 Å². The van der Waals surface area contributed by atoms with Crippen LogP contribution in [0.2, 0.25) is 5.02 Å². The van der Waals surface area contributed by atoms with Crippen molar-refractivity contribution in [3.63, 3.8) is 0 Å². The van der Waals surface area contributed by atoms with Crippen LogP contribution < -0.4 is 4.90 Å². The number of hydrogen-bond acceptors (Lipinski definition) is 5. The van der Waals surface area contributed by atoms with Gasteiger partial charge in [0.1, 0.15) is 22.8 Å². The smallest absolute Gasteiger partial charge is 0.311 e. The van der Waals surface area contributed by atoms with Gasteiger partial charge in [-0.05, 0) is 6.07 Å². The molecule has 19 heavy (non-hydrogen) atoms. The topological polar surface area (TPSA) is 86.5 Å². The SMILES string of the molecule is CN(c1nccc(C#N)c1Cl)C1COCC1C(=O)O. The molecule has 1 fully saturated rings. The molecular weight excluding hydrogens is 270 g/mol. The Hall–Kier alpha value is -1.84. The first-order valence-electron chi connectivity index (χ1n) is 5.64. The highest BCUT2D eigenvalue weighted by Gasteiger charge is 2.37. The highest BCUT2D eigenvalue weighted by atomic mass is 35.5. The molecule has 0 aromatic carbocycles. The van der Waals surface area contributed by atoms with Crippen LogP contribution in [0.3, 0.4) is 0 Å². The van der Waals surface area contributed by atoms with Crippen LogP contribution in [0.5, 0.6) is 0 Å². The number of nitriles is 1. The largest absolute Gasteiger partial charge is 0.481 e. The second-order valence-corrected chi connectivity index (χ2v) is 4.65. The quantitative estimate of drug-likeness (QED) is 0.894. The molecule has 100 valence electrons. The van der Waals surface area contributed by atoms with Crippen molar-refractivity contribution < 1.29 is 14.6 Å². The second-order valence-electron chi connectivity index (χ2n) is 4.27. The number of halogens is 1. The van der Waals surface area contributed by atoms with Crippen LogP contribution in [0.4, 0.5) is 5.82 Å². The Morgan fingerprint density at radius 2 is 2.42 bits per heavy atom. The van der Waals surface area contributed by atoms with Gasteiger partial charge in [-0.15, -0.1) is 0 Å². The fraction of sp³-hybridized carbons (Fsp3) is 0.417. The average Bonchev–Trinajstić information content (AvgIpc) is 2.87. The molecule has 2 heterocycles. The van der Waals surface area contributed by atoms with Crippen LogP contribution in [0.15, 0.2) is 12.3 Å². The summed E-state index contributed by atoms with van der Waals surface area (Å²) in [5, 5.41) is 18.3. The third-order valence-corrected chi connectivity index (χ3v) is 3.56. The number of hydrogen-bond donors (Lipinski definition) is 1. The highest BCUT2D eigenvalue weighted by Crippen LogP contribution is 2.30. The number of pyridine rings is 1. The van der Waals surface area contributed by atoms with Gasteiger partial charge in [0.05, 0.1) is 24.8 Å². The van der Waals surface area contributed by atoms with Crippen molar-refractivity contribution >= 4 is 23.4 Å². The minimum absolute atomic E-state index is 0.167. The Morgan fingerprint density at radius 1 is 1.68 bits per heavy atom. The van der Waals surface area contributed by atoms with Crippen molar-refractivity contribution in [2.24, 2.45) is 5.92 Å². The summed E-state index contributed by atoms with van der Waals surface area (Å²) in [6.45, 7) is 0.460. The predicted molar refractivity (Wildman–Crippen MR) is 68.1 cm³/mol. The molecule has 0 saturated carbocycles. The summed E-state index contributed by atoms with van der Waals surface area (Å²) < 4.78 is 5.21. The molecule has 0 radical (unpaired) electrons. The summed E-state index contributed by atoms with van der Waals surface area (Å²) in [5.41, 5.74) is 0.310. The first-order valence-corrected chi connectivity index (χ1v) is 6.02. The number of nitrogens with zero attached hydrogens (tertiary/aromatic N) is 3. The Balaban J connectivity index is 2.32. The maximum atomic E-state index is 11.1. The number of carboxylic acid groups (broad SMARTS) is 1. The fourth-order valence-corrected chi connectivity index (χ4v) is 2.37. The van der Waals surface area contributed by atoms with Crippen LogP contribution >= 0.6 is 11.6 Å². The third kappa shape index (κ3) is 2.48. The normalized spacial score (nSPS) is 21.9. The lowest BCUT2D eigenvalue weighted by Gasteiger charge is -2.28. The van der Waals surface area contributed by atoms with Crippen molar-refractivity contribution in [3.05, 3.63) is 22.8 Å². The van der Waals surface area contributed by atoms with Gasteiger partial charge in [0, 0.05) is 13.2 Å². The van der Waals surface area contributed by atoms with Crippen molar-refractivity contribution in [3.8, 4) is 6.07 Å². The maximum absolute atomic E-state index is 11.1. The lowest BCUT2D eigenvalue weighted by atomic mass is 10.0. The Labute approximate surface area is 115 Å². The molecule has 6 nitrogen and oxygen atoms in total. The minimum atomic E-state index is -0.915. The number of ether oxygens (including phenoxy) is 1. The number of carboxylic acids is 1. The van der Waals surface area contributed by atoms with Crippen LogP contribution in [-0.4, -0.2) is 42.4 Å². The van der Waals surface area contributed by atoms with E-state index in [1.807, 2.05) is 6.07 Å². The standard InChI is InChI=1S/C12H12ClN3O3/c1-16(9-6-19-5-8(9)12(17)18)11-10(13)7(4-14)2-3-15-11/h2-3,8-9H,5-6H2,1H3,(H,17,18). The molecule has 2 rings (SSSR count). The van der Waals surface area contributed by atoms with Crippen molar-refractivity contribution in [2.45, 2.75) is 6.04 Å². The zero-order chi connectivity index (χ0) is 14.0. The van der Waals surface area contributed by atoms with Crippen LogP contribution in [0.1, 0.15) is 5.56 Å². The van der Waals surface area contributed by atoms with Gasteiger partial charge in [-0.25, -0.2) is 4.98 Å². The molecule has 0 bridgehead atoms. The van der Waals surface area contributed by atoms with E-state index in [-0.39, 0.29) is 17.7 Å². The molecule has 0 aliphatic carbocycles. The van der Waals surface area contributed by atoms with E-state index in [4.69, 9.17) is 26.7 Å². The molecule has 0 spiro atoms. The van der Waals surface area contributed by atoms with E-state index >= 15 is 0 Å². The van der Waals surface area contributed by atoms with Gasteiger partial charge in [-0.1, -0.05) is 11.6 Å². The molecule has 1 N–H and O–H groups in total. The zero-order valence-corrected chi connectivity index (χ0v) is 11.0. The van der Waals surface area contributed by atoms with E-state index in [9.17, 15) is 4.79 Å². The first-order chi connectivity index (χ1) is 9.06. The molecular formula is C12H12ClN3O3. The predicted octanol–water partition coefficient (Wildman–Crippen LogP) is 1.14.